The van der Waals surface area contributed by atoms with Gasteiger partial charge in [0, 0.05) is 8.95 Å². The van der Waals surface area contributed by atoms with Crippen LogP contribution in [0.1, 0.15) is 17.6 Å². The molecule has 0 fully saturated rings. The van der Waals surface area contributed by atoms with Crippen molar-refractivity contribution in [3.63, 3.8) is 0 Å². The van der Waals surface area contributed by atoms with Gasteiger partial charge in [0.2, 0.25) is 5.89 Å². The fraction of sp³-hybridized carbons (Fsp3) is 0.182. The Labute approximate surface area is 120 Å². The lowest BCUT2D eigenvalue weighted by atomic mass is 10.2. The summed E-state index contributed by atoms with van der Waals surface area (Å²) in [4.78, 5) is 11.4. The summed E-state index contributed by atoms with van der Waals surface area (Å²) in [5, 5.41) is 7.48. The number of halogens is 2. The van der Waals surface area contributed by atoms with Crippen molar-refractivity contribution in [2.24, 2.45) is 0 Å². The van der Waals surface area contributed by atoms with E-state index in [4.69, 9.17) is 9.15 Å². The number of nitrogens with zero attached hydrogens (tertiary/aromatic N) is 2. The van der Waals surface area contributed by atoms with Crippen LogP contribution < -0.4 is 0 Å². The highest BCUT2D eigenvalue weighted by molar-refractivity contribution is 9.11. The Kier molecular flexibility index (Phi) is 4.13. The van der Waals surface area contributed by atoms with Gasteiger partial charge in [-0.05, 0) is 41.1 Å². The Bertz CT molecular complexity index is 583. The fourth-order valence-electron chi connectivity index (χ4n) is 1.27. The van der Waals surface area contributed by atoms with E-state index in [2.05, 4.69) is 42.1 Å². The maximum absolute atomic E-state index is 11.4. The van der Waals surface area contributed by atoms with Gasteiger partial charge in [0.05, 0.1) is 12.2 Å². The van der Waals surface area contributed by atoms with E-state index in [1.807, 2.05) is 18.2 Å². The Balaban J connectivity index is 2.35. The van der Waals surface area contributed by atoms with Gasteiger partial charge in [-0.2, -0.15) is 0 Å². The first-order chi connectivity index (χ1) is 8.61. The van der Waals surface area contributed by atoms with Gasteiger partial charge in [-0.15, -0.1) is 10.2 Å². The number of ether oxygens (including phenoxy) is 1. The predicted molar refractivity (Wildman–Crippen MR) is 71.1 cm³/mol. The van der Waals surface area contributed by atoms with Gasteiger partial charge in [-0.25, -0.2) is 4.79 Å². The fourth-order valence-corrected chi connectivity index (χ4v) is 2.05. The van der Waals surface area contributed by atoms with Crippen molar-refractivity contribution < 1.29 is 13.9 Å². The first-order valence-corrected chi connectivity index (χ1v) is 6.66. The minimum Gasteiger partial charge on any atom is -0.459 e. The molecule has 0 unspecified atom stereocenters. The zero-order chi connectivity index (χ0) is 13.1. The average molecular weight is 376 g/mol. The highest BCUT2D eigenvalue weighted by atomic mass is 79.9. The summed E-state index contributed by atoms with van der Waals surface area (Å²) in [6.45, 7) is 1.97. The lowest BCUT2D eigenvalue weighted by Gasteiger charge is -1.99. The molecule has 94 valence electrons. The molecule has 0 saturated carbocycles. The van der Waals surface area contributed by atoms with Crippen molar-refractivity contribution >= 4 is 37.8 Å². The lowest BCUT2D eigenvalue weighted by Crippen LogP contribution is -2.04. The quantitative estimate of drug-likeness (QED) is 0.769. The molecule has 0 amide bonds. The van der Waals surface area contributed by atoms with Crippen LogP contribution in [0, 0.1) is 0 Å². The largest absolute Gasteiger partial charge is 0.459 e. The Morgan fingerprint density at radius 2 is 2.17 bits per heavy atom. The van der Waals surface area contributed by atoms with Crippen molar-refractivity contribution in [3.05, 3.63) is 33.0 Å². The molecule has 7 heteroatoms. The van der Waals surface area contributed by atoms with E-state index in [0.29, 0.717) is 5.56 Å². The minimum absolute atomic E-state index is 0.154. The molecule has 0 aliphatic heterocycles. The summed E-state index contributed by atoms with van der Waals surface area (Å²) in [7, 11) is 0. The van der Waals surface area contributed by atoms with Gasteiger partial charge in [-0.1, -0.05) is 15.9 Å². The van der Waals surface area contributed by atoms with Gasteiger partial charge >= 0.3 is 11.9 Å². The van der Waals surface area contributed by atoms with Crippen molar-refractivity contribution in [1.29, 1.82) is 0 Å². The van der Waals surface area contributed by atoms with Crippen LogP contribution in [0.3, 0.4) is 0 Å². The smallest absolute Gasteiger partial charge is 0.396 e. The van der Waals surface area contributed by atoms with Crippen LogP contribution in [-0.4, -0.2) is 22.8 Å². The third kappa shape index (κ3) is 2.78. The summed E-state index contributed by atoms with van der Waals surface area (Å²) in [5.74, 6) is -0.521. The average Bonchev–Trinajstić information content (AvgIpc) is 2.82. The molecule has 0 aliphatic carbocycles. The number of benzene rings is 1. The molecule has 0 N–H and O–H groups in total. The van der Waals surface area contributed by atoms with Crippen LogP contribution >= 0.6 is 31.9 Å². The van der Waals surface area contributed by atoms with Gasteiger partial charge in [-0.3, -0.25) is 0 Å². The van der Waals surface area contributed by atoms with Gasteiger partial charge < -0.3 is 9.15 Å². The lowest BCUT2D eigenvalue weighted by molar-refractivity contribution is 0.0481. The third-order valence-electron chi connectivity index (χ3n) is 2.03. The molecule has 0 saturated heterocycles. The van der Waals surface area contributed by atoms with Crippen LogP contribution in [0.5, 0.6) is 0 Å². The van der Waals surface area contributed by atoms with Crippen LogP contribution in [0.2, 0.25) is 0 Å². The number of hydrogen-bond donors (Lipinski definition) is 0. The highest BCUT2D eigenvalue weighted by Gasteiger charge is 2.18. The van der Waals surface area contributed by atoms with Crippen LogP contribution in [0.15, 0.2) is 31.6 Å². The molecule has 0 bridgehead atoms. The molecular formula is C11H8Br2N2O3. The maximum atomic E-state index is 11.4. The van der Waals surface area contributed by atoms with Crippen LogP contribution in [0.25, 0.3) is 11.5 Å². The highest BCUT2D eigenvalue weighted by Crippen LogP contribution is 2.30. The molecule has 2 rings (SSSR count). The number of rotatable bonds is 3. The van der Waals surface area contributed by atoms with Crippen molar-refractivity contribution in [1.82, 2.24) is 10.2 Å². The topological polar surface area (TPSA) is 65.2 Å². The summed E-state index contributed by atoms with van der Waals surface area (Å²) < 4.78 is 11.7. The first kappa shape index (κ1) is 13.2. The molecule has 0 spiro atoms. The molecule has 0 aliphatic rings. The zero-order valence-corrected chi connectivity index (χ0v) is 12.5. The molecular weight excluding hydrogens is 368 g/mol. The third-order valence-corrected chi connectivity index (χ3v) is 3.22. The number of hydrogen-bond acceptors (Lipinski definition) is 5. The summed E-state index contributed by atoms with van der Waals surface area (Å²) in [6.07, 6.45) is 0. The number of carbonyl (C=O) groups excluding carboxylic acids is 1. The molecule has 2 aromatic rings. The van der Waals surface area contributed by atoms with Crippen LogP contribution in [-0.2, 0) is 4.74 Å². The standard InChI is InChI=1S/C11H8Br2N2O3/c1-2-17-11(16)10-15-14-9(18-10)7-5-6(12)3-4-8(7)13/h3-5H,2H2,1H3. The number of aromatic nitrogens is 2. The SMILES string of the molecule is CCOC(=O)c1nnc(-c2cc(Br)ccc2Br)o1. The second-order valence-corrected chi connectivity index (χ2v) is 5.03. The van der Waals surface area contributed by atoms with Gasteiger partial charge in [0.25, 0.3) is 0 Å². The normalized spacial score (nSPS) is 10.4. The molecule has 0 atom stereocenters. The molecule has 0 radical (unpaired) electrons. The summed E-state index contributed by atoms with van der Waals surface area (Å²) in [6, 6.07) is 5.52. The van der Waals surface area contributed by atoms with E-state index in [-0.39, 0.29) is 18.4 Å². The Morgan fingerprint density at radius 1 is 1.39 bits per heavy atom. The summed E-state index contributed by atoms with van der Waals surface area (Å²) >= 11 is 6.73. The monoisotopic (exact) mass is 374 g/mol. The maximum Gasteiger partial charge on any atom is 0.396 e. The van der Waals surface area contributed by atoms with Gasteiger partial charge in [0.1, 0.15) is 0 Å². The van der Waals surface area contributed by atoms with E-state index in [1.54, 1.807) is 6.92 Å². The van der Waals surface area contributed by atoms with Crippen LogP contribution in [0.4, 0.5) is 0 Å². The Morgan fingerprint density at radius 3 is 2.89 bits per heavy atom. The van der Waals surface area contributed by atoms with Gasteiger partial charge in [0.15, 0.2) is 0 Å². The summed E-state index contributed by atoms with van der Waals surface area (Å²) in [5.41, 5.74) is 0.701. The Hall–Kier alpha value is -1.21. The first-order valence-electron chi connectivity index (χ1n) is 5.08. The van der Waals surface area contributed by atoms with E-state index in [9.17, 15) is 4.79 Å². The van der Waals surface area contributed by atoms with E-state index in [1.165, 1.54) is 0 Å². The predicted octanol–water partition coefficient (Wildman–Crippen LogP) is 3.44. The molecule has 1 aromatic carbocycles. The minimum atomic E-state index is -0.623. The van der Waals surface area contributed by atoms with Crippen molar-refractivity contribution in [3.8, 4) is 11.5 Å². The number of esters is 1. The molecule has 1 heterocycles. The van der Waals surface area contributed by atoms with E-state index < -0.39 is 5.97 Å². The molecule has 18 heavy (non-hydrogen) atoms. The second kappa shape index (κ2) is 5.62. The number of carbonyl (C=O) groups is 1. The molecule has 5 nitrogen and oxygen atoms in total. The van der Waals surface area contributed by atoms with E-state index >= 15 is 0 Å². The van der Waals surface area contributed by atoms with E-state index in [0.717, 1.165) is 8.95 Å². The van der Waals surface area contributed by atoms with Crippen molar-refractivity contribution in [2.45, 2.75) is 6.92 Å². The molecule has 1 aromatic heterocycles. The zero-order valence-electron chi connectivity index (χ0n) is 9.31. The van der Waals surface area contributed by atoms with Crippen molar-refractivity contribution in [2.75, 3.05) is 6.61 Å². The second-order valence-electron chi connectivity index (χ2n) is 3.26.